The first-order chi connectivity index (χ1) is 10.3. The lowest BCUT2D eigenvalue weighted by molar-refractivity contribution is -0.116. The number of rotatable bonds is 4. The first kappa shape index (κ1) is 17.4. The minimum atomic E-state index is -0.437. The molecule has 0 aromatic heterocycles. The number of hydrogen-bond donors (Lipinski definition) is 2. The smallest absolute Gasteiger partial charge is 0.225 e. The van der Waals surface area contributed by atoms with Crippen LogP contribution in [0.15, 0.2) is 22.7 Å². The Bertz CT molecular complexity index is 550. The Morgan fingerprint density at radius 3 is 2.91 bits per heavy atom. The van der Waals surface area contributed by atoms with Gasteiger partial charge >= 0.3 is 0 Å². The molecule has 1 atom stereocenters. The number of amides is 1. The molecule has 3 N–H and O–H groups in total. The number of benzene rings is 1. The van der Waals surface area contributed by atoms with Gasteiger partial charge in [-0.1, -0.05) is 29.8 Å². The molecule has 0 saturated carbocycles. The highest BCUT2D eigenvalue weighted by atomic mass is 79.9. The molecule has 2 rings (SSSR count). The molecule has 122 valence electrons. The van der Waals surface area contributed by atoms with Gasteiger partial charge in [0, 0.05) is 30.0 Å². The van der Waals surface area contributed by atoms with Crippen LogP contribution in [0.1, 0.15) is 26.7 Å². The zero-order valence-electron chi connectivity index (χ0n) is 13.0. The summed E-state index contributed by atoms with van der Waals surface area (Å²) < 4.78 is 14.3. The maximum Gasteiger partial charge on any atom is 0.225 e. The number of hydrogen-bond acceptors (Lipinski definition) is 3. The van der Waals surface area contributed by atoms with Crippen LogP contribution in [0, 0.1) is 11.2 Å². The van der Waals surface area contributed by atoms with E-state index in [1.807, 2.05) is 0 Å². The van der Waals surface area contributed by atoms with Crippen molar-refractivity contribution in [3.8, 4) is 0 Å². The van der Waals surface area contributed by atoms with Gasteiger partial charge in [-0.15, -0.1) is 0 Å². The third-order valence-electron chi connectivity index (χ3n) is 4.25. The van der Waals surface area contributed by atoms with Crippen molar-refractivity contribution in [3.05, 3.63) is 28.5 Å². The van der Waals surface area contributed by atoms with Gasteiger partial charge in [0.2, 0.25) is 5.91 Å². The lowest BCUT2D eigenvalue weighted by Crippen LogP contribution is -2.52. The minimum absolute atomic E-state index is 0.0620. The first-order valence-electron chi connectivity index (χ1n) is 7.51. The van der Waals surface area contributed by atoms with Crippen LogP contribution >= 0.6 is 15.9 Å². The van der Waals surface area contributed by atoms with E-state index in [1.54, 1.807) is 12.1 Å². The zero-order valence-corrected chi connectivity index (χ0v) is 14.6. The molecule has 0 spiro atoms. The van der Waals surface area contributed by atoms with Gasteiger partial charge in [0.15, 0.2) is 0 Å². The van der Waals surface area contributed by atoms with Crippen LogP contribution in [-0.2, 0) is 4.79 Å². The Morgan fingerprint density at radius 2 is 2.27 bits per heavy atom. The van der Waals surface area contributed by atoms with Gasteiger partial charge in [-0.25, -0.2) is 4.39 Å². The standard InChI is InChI=1S/C16H23BrFN3O/c1-16(2)10-21(7-5-14(16)19)8-6-15(22)20-13-4-3-11(17)9-12(13)18/h3-4,9,14H,5-8,10,19H2,1-2H3,(H,20,22). The largest absolute Gasteiger partial charge is 0.327 e. The fourth-order valence-corrected chi connectivity index (χ4v) is 3.07. The van der Waals surface area contributed by atoms with Crippen molar-refractivity contribution >= 4 is 27.5 Å². The molecule has 0 radical (unpaired) electrons. The molecule has 22 heavy (non-hydrogen) atoms. The molecule has 1 fully saturated rings. The Labute approximate surface area is 139 Å². The van der Waals surface area contributed by atoms with Gasteiger partial charge in [-0.3, -0.25) is 4.79 Å². The van der Waals surface area contributed by atoms with E-state index in [4.69, 9.17) is 5.73 Å². The van der Waals surface area contributed by atoms with Crippen molar-refractivity contribution in [2.75, 3.05) is 25.0 Å². The third-order valence-corrected chi connectivity index (χ3v) is 4.74. The highest BCUT2D eigenvalue weighted by Crippen LogP contribution is 2.27. The average molecular weight is 372 g/mol. The van der Waals surface area contributed by atoms with Gasteiger partial charge < -0.3 is 16.0 Å². The van der Waals surface area contributed by atoms with Crippen molar-refractivity contribution in [3.63, 3.8) is 0 Å². The Morgan fingerprint density at radius 1 is 1.55 bits per heavy atom. The van der Waals surface area contributed by atoms with E-state index in [0.29, 0.717) is 17.4 Å². The number of carbonyl (C=O) groups is 1. The number of piperidine rings is 1. The second kappa shape index (κ2) is 7.06. The maximum absolute atomic E-state index is 13.7. The van der Waals surface area contributed by atoms with Crippen LogP contribution in [0.5, 0.6) is 0 Å². The SMILES string of the molecule is CC1(C)CN(CCC(=O)Nc2ccc(Br)cc2F)CCC1N. The summed E-state index contributed by atoms with van der Waals surface area (Å²) >= 11 is 3.19. The van der Waals surface area contributed by atoms with E-state index in [9.17, 15) is 9.18 Å². The van der Waals surface area contributed by atoms with Crippen molar-refractivity contribution < 1.29 is 9.18 Å². The third kappa shape index (κ3) is 4.51. The van der Waals surface area contributed by atoms with Gasteiger partial charge in [0.25, 0.3) is 0 Å². The van der Waals surface area contributed by atoms with Gasteiger partial charge in [0.1, 0.15) is 5.82 Å². The number of halogens is 2. The number of carbonyl (C=O) groups excluding carboxylic acids is 1. The molecule has 1 amide bonds. The molecular weight excluding hydrogens is 349 g/mol. The molecular formula is C16H23BrFN3O. The molecule has 0 aliphatic carbocycles. The number of nitrogens with two attached hydrogens (primary N) is 1. The van der Waals surface area contributed by atoms with Crippen molar-refractivity contribution in [1.29, 1.82) is 0 Å². The predicted molar refractivity (Wildman–Crippen MR) is 90.2 cm³/mol. The van der Waals surface area contributed by atoms with Gasteiger partial charge in [-0.05, 0) is 36.6 Å². The fourth-order valence-electron chi connectivity index (χ4n) is 2.74. The van der Waals surface area contributed by atoms with E-state index in [-0.39, 0.29) is 23.1 Å². The van der Waals surface area contributed by atoms with Crippen molar-refractivity contribution in [1.82, 2.24) is 4.90 Å². The van der Waals surface area contributed by atoms with E-state index < -0.39 is 5.82 Å². The van der Waals surface area contributed by atoms with Crippen LogP contribution < -0.4 is 11.1 Å². The fraction of sp³-hybridized carbons (Fsp3) is 0.562. The molecule has 1 unspecified atom stereocenters. The van der Waals surface area contributed by atoms with E-state index >= 15 is 0 Å². The molecule has 1 saturated heterocycles. The van der Waals surface area contributed by atoms with Crippen molar-refractivity contribution in [2.24, 2.45) is 11.1 Å². The normalized spacial score (nSPS) is 21.6. The lowest BCUT2D eigenvalue weighted by Gasteiger charge is -2.42. The molecule has 6 heteroatoms. The summed E-state index contributed by atoms with van der Waals surface area (Å²) in [4.78, 5) is 14.2. The number of anilines is 1. The van der Waals surface area contributed by atoms with Gasteiger partial charge in [0.05, 0.1) is 5.69 Å². The van der Waals surface area contributed by atoms with E-state index in [1.165, 1.54) is 6.07 Å². The average Bonchev–Trinajstić information content (AvgIpc) is 2.43. The summed E-state index contributed by atoms with van der Waals surface area (Å²) in [6.07, 6.45) is 1.29. The minimum Gasteiger partial charge on any atom is -0.327 e. The molecule has 1 aliphatic heterocycles. The Hall–Kier alpha value is -0.980. The molecule has 1 aromatic carbocycles. The molecule has 1 aromatic rings. The van der Waals surface area contributed by atoms with Crippen LogP contribution in [-0.4, -0.2) is 36.5 Å². The Balaban J connectivity index is 1.83. The second-order valence-corrected chi connectivity index (χ2v) is 7.50. The van der Waals surface area contributed by atoms with Crippen LogP contribution in [0.4, 0.5) is 10.1 Å². The van der Waals surface area contributed by atoms with E-state index in [0.717, 1.165) is 19.5 Å². The molecule has 1 heterocycles. The lowest BCUT2D eigenvalue weighted by atomic mass is 9.80. The first-order valence-corrected chi connectivity index (χ1v) is 8.30. The number of nitrogens with one attached hydrogen (secondary N) is 1. The molecule has 0 bridgehead atoms. The molecule has 1 aliphatic rings. The second-order valence-electron chi connectivity index (χ2n) is 6.58. The summed E-state index contributed by atoms with van der Waals surface area (Å²) in [6.45, 7) is 6.76. The van der Waals surface area contributed by atoms with Gasteiger partial charge in [-0.2, -0.15) is 0 Å². The highest BCUT2D eigenvalue weighted by Gasteiger charge is 2.33. The Kier molecular flexibility index (Phi) is 5.58. The van der Waals surface area contributed by atoms with Crippen LogP contribution in [0.2, 0.25) is 0 Å². The monoisotopic (exact) mass is 371 g/mol. The highest BCUT2D eigenvalue weighted by molar-refractivity contribution is 9.10. The summed E-state index contributed by atoms with van der Waals surface area (Å²) in [5, 5.41) is 2.62. The maximum atomic E-state index is 13.7. The van der Waals surface area contributed by atoms with Crippen LogP contribution in [0.25, 0.3) is 0 Å². The van der Waals surface area contributed by atoms with E-state index in [2.05, 4.69) is 40.0 Å². The zero-order chi connectivity index (χ0) is 16.3. The van der Waals surface area contributed by atoms with Crippen molar-refractivity contribution in [2.45, 2.75) is 32.7 Å². The number of likely N-dealkylation sites (tertiary alicyclic amines) is 1. The quantitative estimate of drug-likeness (QED) is 0.855. The topological polar surface area (TPSA) is 58.4 Å². The number of nitrogens with zero attached hydrogens (tertiary/aromatic N) is 1. The summed E-state index contributed by atoms with van der Waals surface area (Å²) in [5.74, 6) is -0.610. The molecule has 4 nitrogen and oxygen atoms in total. The summed E-state index contributed by atoms with van der Waals surface area (Å²) in [5.41, 5.74) is 6.39. The predicted octanol–water partition coefficient (Wildman–Crippen LogP) is 2.98. The summed E-state index contributed by atoms with van der Waals surface area (Å²) in [7, 11) is 0. The summed E-state index contributed by atoms with van der Waals surface area (Å²) in [6, 6.07) is 4.80. The van der Waals surface area contributed by atoms with Crippen LogP contribution in [0.3, 0.4) is 0 Å².